The molecular formula is C16H10N4O2. The van der Waals surface area contributed by atoms with E-state index in [0.29, 0.717) is 5.57 Å². The van der Waals surface area contributed by atoms with Gasteiger partial charge in [0.1, 0.15) is 0 Å². The SMILES string of the molecule is COC(=O)C1=C[C@@H]2[C@H]3[C@@H]1C=C[C@@H]3C(C#N)(C#N)C2(C#N)C#N. The molecule has 1 fully saturated rings. The molecule has 0 saturated heterocycles. The summed E-state index contributed by atoms with van der Waals surface area (Å²) in [6.07, 6.45) is 5.03. The van der Waals surface area contributed by atoms with Gasteiger partial charge in [-0.2, -0.15) is 21.0 Å². The molecule has 0 aromatic heterocycles. The number of ether oxygens (including phenoxy) is 1. The van der Waals surface area contributed by atoms with Crippen LogP contribution in [-0.4, -0.2) is 13.1 Å². The van der Waals surface area contributed by atoms with E-state index in [0.717, 1.165) is 0 Å². The number of carbonyl (C=O) groups excluding carboxylic acids is 1. The van der Waals surface area contributed by atoms with Crippen LogP contribution >= 0.6 is 0 Å². The van der Waals surface area contributed by atoms with Gasteiger partial charge in [0.2, 0.25) is 0 Å². The summed E-state index contributed by atoms with van der Waals surface area (Å²) in [5, 5.41) is 38.4. The second kappa shape index (κ2) is 4.20. The molecule has 0 unspecified atom stereocenters. The van der Waals surface area contributed by atoms with E-state index >= 15 is 0 Å². The lowest BCUT2D eigenvalue weighted by Crippen LogP contribution is -2.39. The molecule has 0 aromatic carbocycles. The summed E-state index contributed by atoms with van der Waals surface area (Å²) in [6, 6.07) is 7.70. The number of esters is 1. The van der Waals surface area contributed by atoms with Crippen LogP contribution < -0.4 is 0 Å². The van der Waals surface area contributed by atoms with Crippen LogP contribution in [0.15, 0.2) is 23.8 Å². The van der Waals surface area contributed by atoms with Crippen LogP contribution in [0, 0.1) is 79.8 Å². The molecule has 6 heteroatoms. The van der Waals surface area contributed by atoms with Crippen molar-refractivity contribution in [2.45, 2.75) is 0 Å². The number of methoxy groups -OCH3 is 1. The Kier molecular flexibility index (Phi) is 2.65. The standard InChI is InChI=1S/C16H10N4O2/c1-22-14(21)10-4-12-13-9(10)2-3-11(13)15(5-17,6-18)16(12,7-19)8-20/h2-4,9,11-13H,1H3/t9-,11+,12-,13+/m1/s1. The molecule has 0 bridgehead atoms. The van der Waals surface area contributed by atoms with Gasteiger partial charge in [-0.3, -0.25) is 0 Å². The fraction of sp³-hybridized carbons (Fsp3) is 0.438. The zero-order chi connectivity index (χ0) is 16.1. The first-order chi connectivity index (χ1) is 10.6. The zero-order valence-electron chi connectivity index (χ0n) is 11.6. The average Bonchev–Trinajstić information content (AvgIpc) is 3.19. The Labute approximate surface area is 127 Å². The summed E-state index contributed by atoms with van der Waals surface area (Å²) in [4.78, 5) is 11.9. The quantitative estimate of drug-likeness (QED) is 0.528. The predicted molar refractivity (Wildman–Crippen MR) is 70.5 cm³/mol. The molecule has 1 saturated carbocycles. The van der Waals surface area contributed by atoms with Crippen LogP contribution in [0.3, 0.4) is 0 Å². The van der Waals surface area contributed by atoms with Crippen LogP contribution in [0.4, 0.5) is 0 Å². The van der Waals surface area contributed by atoms with Crippen molar-refractivity contribution in [2.24, 2.45) is 34.5 Å². The van der Waals surface area contributed by atoms with Gasteiger partial charge in [0.05, 0.1) is 31.4 Å². The summed E-state index contributed by atoms with van der Waals surface area (Å²) in [5.41, 5.74) is -3.12. The van der Waals surface area contributed by atoms with Gasteiger partial charge >= 0.3 is 5.97 Å². The Bertz CT molecular complexity index is 768. The maximum atomic E-state index is 11.9. The topological polar surface area (TPSA) is 121 Å². The number of nitrogens with zero attached hydrogens (tertiary/aromatic N) is 4. The first-order valence-corrected chi connectivity index (χ1v) is 6.70. The molecular weight excluding hydrogens is 280 g/mol. The molecule has 3 aliphatic carbocycles. The highest BCUT2D eigenvalue weighted by Crippen LogP contribution is 2.69. The van der Waals surface area contributed by atoms with E-state index in [2.05, 4.69) is 0 Å². The highest BCUT2D eigenvalue weighted by molar-refractivity contribution is 5.90. The largest absolute Gasteiger partial charge is 0.466 e. The molecule has 3 rings (SSSR count). The third kappa shape index (κ3) is 1.15. The number of hydrogen-bond donors (Lipinski definition) is 0. The van der Waals surface area contributed by atoms with Crippen molar-refractivity contribution in [3.8, 4) is 24.3 Å². The normalized spacial score (nSPS) is 34.5. The minimum atomic E-state index is -1.79. The summed E-state index contributed by atoms with van der Waals surface area (Å²) < 4.78 is 4.75. The number of allylic oxidation sites excluding steroid dienone is 3. The third-order valence-electron chi connectivity index (χ3n) is 5.24. The van der Waals surface area contributed by atoms with Gasteiger partial charge in [-0.25, -0.2) is 4.79 Å². The molecule has 0 heterocycles. The molecule has 0 spiro atoms. The average molecular weight is 290 g/mol. The number of rotatable bonds is 1. The monoisotopic (exact) mass is 290 g/mol. The smallest absolute Gasteiger partial charge is 0.334 e. The molecule has 0 N–H and O–H groups in total. The molecule has 0 aromatic rings. The van der Waals surface area contributed by atoms with E-state index in [4.69, 9.17) is 4.74 Å². The molecule has 3 aliphatic rings. The van der Waals surface area contributed by atoms with Crippen molar-refractivity contribution in [2.75, 3.05) is 7.11 Å². The molecule has 6 nitrogen and oxygen atoms in total. The molecule has 4 atom stereocenters. The van der Waals surface area contributed by atoms with Gasteiger partial charge in [-0.1, -0.05) is 18.2 Å². The summed E-state index contributed by atoms with van der Waals surface area (Å²) in [5.74, 6) is -2.30. The van der Waals surface area contributed by atoms with Crippen LogP contribution in [0.25, 0.3) is 0 Å². The van der Waals surface area contributed by atoms with E-state index in [1.165, 1.54) is 7.11 Å². The number of nitriles is 4. The molecule has 0 radical (unpaired) electrons. The van der Waals surface area contributed by atoms with Crippen LogP contribution in [0.1, 0.15) is 0 Å². The Morgan fingerprint density at radius 2 is 1.59 bits per heavy atom. The minimum Gasteiger partial charge on any atom is -0.466 e. The van der Waals surface area contributed by atoms with E-state index < -0.39 is 28.6 Å². The van der Waals surface area contributed by atoms with Crippen molar-refractivity contribution < 1.29 is 9.53 Å². The Hall–Kier alpha value is -3.09. The first-order valence-electron chi connectivity index (χ1n) is 6.70. The van der Waals surface area contributed by atoms with Gasteiger partial charge in [-0.05, 0) is 5.92 Å². The van der Waals surface area contributed by atoms with Crippen molar-refractivity contribution in [1.29, 1.82) is 21.0 Å². The van der Waals surface area contributed by atoms with Gasteiger partial charge < -0.3 is 4.74 Å². The lowest BCUT2D eigenvalue weighted by molar-refractivity contribution is -0.136. The fourth-order valence-corrected chi connectivity index (χ4v) is 4.29. The van der Waals surface area contributed by atoms with E-state index in [9.17, 15) is 25.8 Å². The maximum Gasteiger partial charge on any atom is 0.334 e. The fourth-order valence-electron chi connectivity index (χ4n) is 4.29. The van der Waals surface area contributed by atoms with E-state index in [-0.39, 0.29) is 11.8 Å². The van der Waals surface area contributed by atoms with Crippen molar-refractivity contribution >= 4 is 5.97 Å². The second-order valence-corrected chi connectivity index (χ2v) is 5.72. The van der Waals surface area contributed by atoms with Crippen LogP contribution in [0.5, 0.6) is 0 Å². The lowest BCUT2D eigenvalue weighted by atomic mass is 9.63. The Morgan fingerprint density at radius 3 is 2.09 bits per heavy atom. The molecule has 0 aliphatic heterocycles. The molecule has 106 valence electrons. The maximum absolute atomic E-state index is 11.9. The highest BCUT2D eigenvalue weighted by atomic mass is 16.5. The van der Waals surface area contributed by atoms with Crippen LogP contribution in [0.2, 0.25) is 0 Å². The lowest BCUT2D eigenvalue weighted by Gasteiger charge is -2.28. The third-order valence-corrected chi connectivity index (χ3v) is 5.24. The van der Waals surface area contributed by atoms with Crippen molar-refractivity contribution in [3.05, 3.63) is 23.8 Å². The summed E-state index contributed by atoms with van der Waals surface area (Å²) in [6.45, 7) is 0. The molecule has 22 heavy (non-hydrogen) atoms. The summed E-state index contributed by atoms with van der Waals surface area (Å²) >= 11 is 0. The van der Waals surface area contributed by atoms with Gasteiger partial charge in [-0.15, -0.1) is 0 Å². The number of hydrogen-bond acceptors (Lipinski definition) is 6. The van der Waals surface area contributed by atoms with Crippen molar-refractivity contribution in [3.63, 3.8) is 0 Å². The first kappa shape index (κ1) is 13.9. The zero-order valence-corrected chi connectivity index (χ0v) is 11.6. The van der Waals surface area contributed by atoms with Gasteiger partial charge in [0.25, 0.3) is 0 Å². The van der Waals surface area contributed by atoms with E-state index in [1.54, 1.807) is 18.2 Å². The predicted octanol–water partition coefficient (Wildman–Crippen LogP) is 1.21. The van der Waals surface area contributed by atoms with Crippen molar-refractivity contribution in [1.82, 2.24) is 0 Å². The summed E-state index contributed by atoms with van der Waals surface area (Å²) in [7, 11) is 1.27. The van der Waals surface area contributed by atoms with E-state index in [1.807, 2.05) is 24.3 Å². The second-order valence-electron chi connectivity index (χ2n) is 5.72. The van der Waals surface area contributed by atoms with Gasteiger partial charge in [0, 0.05) is 23.3 Å². The Balaban J connectivity index is 2.27. The highest BCUT2D eigenvalue weighted by Gasteiger charge is 2.75. The minimum absolute atomic E-state index is 0.298. The van der Waals surface area contributed by atoms with Gasteiger partial charge in [0.15, 0.2) is 10.8 Å². The van der Waals surface area contributed by atoms with Crippen LogP contribution in [-0.2, 0) is 9.53 Å². The number of carbonyl (C=O) groups is 1. The molecule has 0 amide bonds. The Morgan fingerprint density at radius 1 is 1.05 bits per heavy atom.